The highest BCUT2D eigenvalue weighted by atomic mass is 79.9. The standard InChI is InChI=1S/C10H12BrNO3S/c11-8-5-4-7(16-8)6-12-9(13)2-1-3-10(14)15/h4-5H,1-3,6H2,(H,12,13)(H,14,15). The summed E-state index contributed by atoms with van der Waals surface area (Å²) in [6, 6.07) is 3.86. The molecule has 6 heteroatoms. The summed E-state index contributed by atoms with van der Waals surface area (Å²) >= 11 is 4.90. The third-order valence-electron chi connectivity index (χ3n) is 1.88. The van der Waals surface area contributed by atoms with Crippen LogP contribution in [0.3, 0.4) is 0 Å². The van der Waals surface area contributed by atoms with E-state index < -0.39 is 5.97 Å². The molecule has 0 atom stereocenters. The van der Waals surface area contributed by atoms with E-state index in [1.165, 1.54) is 0 Å². The molecule has 1 aromatic heterocycles. The average molecular weight is 306 g/mol. The van der Waals surface area contributed by atoms with E-state index in [0.29, 0.717) is 13.0 Å². The second kappa shape index (κ2) is 6.65. The molecule has 1 rings (SSSR count). The molecule has 0 spiro atoms. The molecular weight excluding hydrogens is 294 g/mol. The van der Waals surface area contributed by atoms with Crippen LogP contribution in [0.4, 0.5) is 0 Å². The number of hydrogen-bond acceptors (Lipinski definition) is 3. The molecule has 88 valence electrons. The fraction of sp³-hybridized carbons (Fsp3) is 0.400. The largest absolute Gasteiger partial charge is 0.481 e. The molecule has 0 aliphatic carbocycles. The highest BCUT2D eigenvalue weighted by Gasteiger charge is 2.04. The summed E-state index contributed by atoms with van der Waals surface area (Å²) in [5.74, 6) is -0.972. The quantitative estimate of drug-likeness (QED) is 0.848. The van der Waals surface area contributed by atoms with Crippen molar-refractivity contribution in [2.45, 2.75) is 25.8 Å². The fourth-order valence-electron chi connectivity index (χ4n) is 1.12. The summed E-state index contributed by atoms with van der Waals surface area (Å²) in [6.07, 6.45) is 0.687. The lowest BCUT2D eigenvalue weighted by Gasteiger charge is -2.02. The van der Waals surface area contributed by atoms with Crippen LogP contribution < -0.4 is 5.32 Å². The molecule has 0 aromatic carbocycles. The van der Waals surface area contributed by atoms with Gasteiger partial charge in [-0.05, 0) is 34.5 Å². The zero-order chi connectivity index (χ0) is 12.0. The van der Waals surface area contributed by atoms with E-state index in [4.69, 9.17) is 5.11 Å². The first-order valence-electron chi connectivity index (χ1n) is 4.80. The molecule has 0 aliphatic rings. The molecule has 1 amide bonds. The van der Waals surface area contributed by atoms with Gasteiger partial charge in [0.05, 0.1) is 10.3 Å². The minimum absolute atomic E-state index is 0.0397. The normalized spacial score (nSPS) is 10.1. The van der Waals surface area contributed by atoms with Crippen LogP contribution in [0.5, 0.6) is 0 Å². The number of carbonyl (C=O) groups excluding carboxylic acids is 1. The number of hydrogen-bond donors (Lipinski definition) is 2. The van der Waals surface area contributed by atoms with Gasteiger partial charge >= 0.3 is 5.97 Å². The van der Waals surface area contributed by atoms with Crippen LogP contribution in [0, 0.1) is 0 Å². The summed E-state index contributed by atoms with van der Waals surface area (Å²) < 4.78 is 1.03. The Kier molecular flexibility index (Phi) is 5.48. The Bertz CT molecular complexity index is 378. The number of thiophene rings is 1. The van der Waals surface area contributed by atoms with Crippen molar-refractivity contribution in [2.24, 2.45) is 0 Å². The molecule has 0 saturated heterocycles. The van der Waals surface area contributed by atoms with Crippen LogP contribution in [0.2, 0.25) is 0 Å². The molecular formula is C10H12BrNO3S. The molecule has 0 fully saturated rings. The highest BCUT2D eigenvalue weighted by molar-refractivity contribution is 9.11. The van der Waals surface area contributed by atoms with E-state index in [-0.39, 0.29) is 18.7 Å². The van der Waals surface area contributed by atoms with Crippen LogP contribution >= 0.6 is 27.3 Å². The molecule has 2 N–H and O–H groups in total. The van der Waals surface area contributed by atoms with Crippen molar-refractivity contribution in [3.8, 4) is 0 Å². The van der Waals surface area contributed by atoms with E-state index in [9.17, 15) is 9.59 Å². The monoisotopic (exact) mass is 305 g/mol. The Balaban J connectivity index is 2.17. The van der Waals surface area contributed by atoms with Crippen LogP contribution in [-0.4, -0.2) is 17.0 Å². The predicted molar refractivity (Wildman–Crippen MR) is 65.4 cm³/mol. The van der Waals surface area contributed by atoms with Gasteiger partial charge in [-0.3, -0.25) is 9.59 Å². The van der Waals surface area contributed by atoms with E-state index in [1.807, 2.05) is 12.1 Å². The first-order chi connectivity index (χ1) is 7.58. The molecule has 0 aliphatic heterocycles. The minimum Gasteiger partial charge on any atom is -0.481 e. The lowest BCUT2D eigenvalue weighted by Crippen LogP contribution is -2.22. The van der Waals surface area contributed by atoms with Crippen molar-refractivity contribution in [1.82, 2.24) is 5.32 Å². The molecule has 0 unspecified atom stereocenters. The maximum absolute atomic E-state index is 11.3. The van der Waals surface area contributed by atoms with Crippen LogP contribution in [0.15, 0.2) is 15.9 Å². The SMILES string of the molecule is O=C(O)CCCC(=O)NCc1ccc(Br)s1. The summed E-state index contributed by atoms with van der Waals surface area (Å²) in [6.45, 7) is 0.502. The van der Waals surface area contributed by atoms with Gasteiger partial charge in [0.15, 0.2) is 0 Å². The summed E-state index contributed by atoms with van der Waals surface area (Å²) in [7, 11) is 0. The van der Waals surface area contributed by atoms with Crippen molar-refractivity contribution in [3.05, 3.63) is 20.8 Å². The smallest absolute Gasteiger partial charge is 0.303 e. The number of nitrogens with one attached hydrogen (secondary N) is 1. The zero-order valence-electron chi connectivity index (χ0n) is 8.53. The number of carboxylic acid groups (broad SMARTS) is 1. The van der Waals surface area contributed by atoms with E-state index in [0.717, 1.165) is 8.66 Å². The Labute approximate surface area is 106 Å². The van der Waals surface area contributed by atoms with Gasteiger partial charge in [0.1, 0.15) is 0 Å². The van der Waals surface area contributed by atoms with Crippen molar-refractivity contribution < 1.29 is 14.7 Å². The van der Waals surface area contributed by atoms with E-state index in [1.54, 1.807) is 11.3 Å². The van der Waals surface area contributed by atoms with Gasteiger partial charge < -0.3 is 10.4 Å². The third kappa shape index (κ3) is 5.27. The Hall–Kier alpha value is -0.880. The maximum Gasteiger partial charge on any atom is 0.303 e. The first-order valence-corrected chi connectivity index (χ1v) is 6.41. The molecule has 0 saturated carbocycles. The number of carbonyl (C=O) groups is 2. The number of amides is 1. The predicted octanol–water partition coefficient (Wildman–Crippen LogP) is 2.38. The number of aliphatic carboxylic acids is 1. The Morgan fingerprint density at radius 1 is 1.38 bits per heavy atom. The molecule has 16 heavy (non-hydrogen) atoms. The first kappa shape index (κ1) is 13.2. The lowest BCUT2D eigenvalue weighted by molar-refractivity contribution is -0.137. The van der Waals surface area contributed by atoms with Crippen LogP contribution in [-0.2, 0) is 16.1 Å². The van der Waals surface area contributed by atoms with Crippen molar-refractivity contribution in [3.63, 3.8) is 0 Å². The van der Waals surface area contributed by atoms with Crippen molar-refractivity contribution in [1.29, 1.82) is 0 Å². The molecule has 0 radical (unpaired) electrons. The van der Waals surface area contributed by atoms with Gasteiger partial charge in [-0.1, -0.05) is 0 Å². The molecule has 4 nitrogen and oxygen atoms in total. The van der Waals surface area contributed by atoms with Crippen LogP contribution in [0.1, 0.15) is 24.1 Å². The van der Waals surface area contributed by atoms with Gasteiger partial charge in [0, 0.05) is 17.7 Å². The number of carboxylic acids is 1. The number of rotatable bonds is 6. The second-order valence-electron chi connectivity index (χ2n) is 3.23. The van der Waals surface area contributed by atoms with Gasteiger partial charge in [0.2, 0.25) is 5.91 Å². The minimum atomic E-state index is -0.866. The zero-order valence-corrected chi connectivity index (χ0v) is 10.9. The molecule has 0 bridgehead atoms. The average Bonchev–Trinajstić information content (AvgIpc) is 2.61. The molecule has 1 aromatic rings. The summed E-state index contributed by atoms with van der Waals surface area (Å²) in [5.41, 5.74) is 0. The summed E-state index contributed by atoms with van der Waals surface area (Å²) in [4.78, 5) is 22.6. The van der Waals surface area contributed by atoms with Crippen molar-refractivity contribution >= 4 is 39.1 Å². The second-order valence-corrected chi connectivity index (χ2v) is 5.78. The maximum atomic E-state index is 11.3. The van der Waals surface area contributed by atoms with Gasteiger partial charge in [-0.15, -0.1) is 11.3 Å². The third-order valence-corrected chi connectivity index (χ3v) is 3.51. The van der Waals surface area contributed by atoms with E-state index in [2.05, 4.69) is 21.2 Å². The Morgan fingerprint density at radius 3 is 2.69 bits per heavy atom. The van der Waals surface area contributed by atoms with Crippen LogP contribution in [0.25, 0.3) is 0 Å². The Morgan fingerprint density at radius 2 is 2.12 bits per heavy atom. The van der Waals surface area contributed by atoms with Gasteiger partial charge in [-0.25, -0.2) is 0 Å². The molecule has 1 heterocycles. The number of halogens is 1. The summed E-state index contributed by atoms with van der Waals surface area (Å²) in [5, 5.41) is 11.1. The lowest BCUT2D eigenvalue weighted by atomic mass is 10.2. The van der Waals surface area contributed by atoms with Gasteiger partial charge in [0.25, 0.3) is 0 Å². The van der Waals surface area contributed by atoms with Gasteiger partial charge in [-0.2, -0.15) is 0 Å². The van der Waals surface area contributed by atoms with E-state index >= 15 is 0 Å². The highest BCUT2D eigenvalue weighted by Crippen LogP contribution is 2.21. The van der Waals surface area contributed by atoms with Crippen molar-refractivity contribution in [2.75, 3.05) is 0 Å². The fourth-order valence-corrected chi connectivity index (χ4v) is 2.54. The topological polar surface area (TPSA) is 66.4 Å².